The van der Waals surface area contributed by atoms with Crippen molar-refractivity contribution < 1.29 is 14.6 Å². The summed E-state index contributed by atoms with van der Waals surface area (Å²) in [6.45, 7) is 1.63. The largest absolute Gasteiger partial charge is 0.482 e. The van der Waals surface area contributed by atoms with Crippen LogP contribution in [0.5, 0.6) is 5.75 Å². The van der Waals surface area contributed by atoms with E-state index in [0.717, 1.165) is 28.8 Å². The molecule has 2 heterocycles. The summed E-state index contributed by atoms with van der Waals surface area (Å²) < 4.78 is 8.70. The van der Waals surface area contributed by atoms with Crippen LogP contribution in [0.4, 0.5) is 0 Å². The Morgan fingerprint density at radius 1 is 1.03 bits per heavy atom. The molecule has 0 radical (unpaired) electrons. The van der Waals surface area contributed by atoms with Crippen LogP contribution in [0.3, 0.4) is 0 Å². The van der Waals surface area contributed by atoms with Crippen molar-refractivity contribution in [2.45, 2.75) is 26.2 Å². The molecule has 5 aromatic rings. The average molecular weight is 519 g/mol. The first-order valence-electron chi connectivity index (χ1n) is 12.6. The van der Waals surface area contributed by atoms with Crippen LogP contribution in [-0.2, 0) is 17.6 Å². The van der Waals surface area contributed by atoms with Crippen LogP contribution in [0.25, 0.3) is 22.5 Å². The highest BCUT2D eigenvalue weighted by Crippen LogP contribution is 2.25. The van der Waals surface area contributed by atoms with Crippen molar-refractivity contribution in [2.75, 3.05) is 6.61 Å². The van der Waals surface area contributed by atoms with Gasteiger partial charge >= 0.3 is 5.97 Å². The van der Waals surface area contributed by atoms with Gasteiger partial charge in [-0.05, 0) is 53.4 Å². The molecule has 0 spiro atoms. The van der Waals surface area contributed by atoms with Crippen LogP contribution in [0.1, 0.15) is 35.7 Å². The predicted molar refractivity (Wildman–Crippen MR) is 147 cm³/mol. The monoisotopic (exact) mass is 518 g/mol. The van der Waals surface area contributed by atoms with Gasteiger partial charge in [-0.1, -0.05) is 55.8 Å². The summed E-state index contributed by atoms with van der Waals surface area (Å²) in [6.07, 6.45) is 3.65. The molecule has 0 saturated carbocycles. The first kappa shape index (κ1) is 25.5. The molecule has 194 valence electrons. The van der Waals surface area contributed by atoms with E-state index in [-0.39, 0.29) is 5.56 Å². The Morgan fingerprint density at radius 3 is 2.46 bits per heavy atom. The minimum Gasteiger partial charge on any atom is -0.482 e. The zero-order chi connectivity index (χ0) is 27.4. The van der Waals surface area contributed by atoms with Gasteiger partial charge in [-0.3, -0.25) is 9.36 Å². The topological polar surface area (TPSA) is 110 Å². The number of nitrogens with zero attached hydrogens (tertiary/aromatic N) is 4. The third-order valence-corrected chi connectivity index (χ3v) is 6.55. The molecule has 0 aliphatic carbocycles. The van der Waals surface area contributed by atoms with Crippen LogP contribution in [0.2, 0.25) is 0 Å². The Morgan fingerprint density at radius 2 is 1.77 bits per heavy atom. The lowest BCUT2D eigenvalue weighted by Crippen LogP contribution is -2.28. The molecule has 2 aromatic heterocycles. The average Bonchev–Trinajstić information content (AvgIpc) is 3.44. The van der Waals surface area contributed by atoms with Crippen LogP contribution >= 0.6 is 0 Å². The van der Waals surface area contributed by atoms with Crippen molar-refractivity contribution in [3.63, 3.8) is 0 Å². The standard InChI is InChI=1S/C31H26N4O4/c1-2-5-28-27(18-21-8-10-22(11-9-21)26-7-4-3-6-23(26)19-32)31(38)34(29-16-17-33-35(28)29)24-12-14-25(15-13-24)39-20-30(36)37/h3-4,6-17H,2,5,18,20H2,1H3,(H,36,37). The molecule has 0 amide bonds. The number of carboxylic acid groups (broad SMARTS) is 1. The second kappa shape index (κ2) is 11.1. The molecule has 0 unspecified atom stereocenters. The summed E-state index contributed by atoms with van der Waals surface area (Å²) in [7, 11) is 0. The molecular weight excluding hydrogens is 492 g/mol. The van der Waals surface area contributed by atoms with Gasteiger partial charge in [0.2, 0.25) is 0 Å². The number of carboxylic acids is 1. The molecular formula is C31H26N4O4. The Kier molecular flexibility index (Phi) is 7.23. The molecule has 5 rings (SSSR count). The number of carbonyl (C=O) groups is 1. The summed E-state index contributed by atoms with van der Waals surface area (Å²) in [6, 6.07) is 26.2. The van der Waals surface area contributed by atoms with Crippen LogP contribution in [0, 0.1) is 11.3 Å². The molecule has 8 heteroatoms. The number of fused-ring (bicyclic) bond motifs is 1. The smallest absolute Gasteiger partial charge is 0.341 e. The maximum Gasteiger partial charge on any atom is 0.341 e. The van der Waals surface area contributed by atoms with E-state index in [1.165, 1.54) is 0 Å². The Bertz CT molecular complexity index is 1740. The van der Waals surface area contributed by atoms with E-state index in [1.54, 1.807) is 47.2 Å². The van der Waals surface area contributed by atoms with Crippen LogP contribution < -0.4 is 10.3 Å². The number of aryl methyl sites for hydroxylation is 1. The number of ether oxygens (including phenoxy) is 1. The van der Waals surface area contributed by atoms with Gasteiger partial charge in [-0.15, -0.1) is 0 Å². The summed E-state index contributed by atoms with van der Waals surface area (Å²) in [5.41, 5.74) is 6.06. The number of hydrogen-bond acceptors (Lipinski definition) is 5. The van der Waals surface area contributed by atoms with Crippen molar-refractivity contribution in [3.05, 3.63) is 118 Å². The number of nitriles is 1. The quantitative estimate of drug-likeness (QED) is 0.293. The van der Waals surface area contributed by atoms with Crippen molar-refractivity contribution in [3.8, 4) is 28.6 Å². The maximum absolute atomic E-state index is 14.0. The first-order chi connectivity index (χ1) is 19.0. The number of rotatable bonds is 9. The predicted octanol–water partition coefficient (Wildman–Crippen LogP) is 5.03. The number of aromatic nitrogens is 3. The zero-order valence-electron chi connectivity index (χ0n) is 21.4. The van der Waals surface area contributed by atoms with E-state index in [0.29, 0.717) is 41.1 Å². The van der Waals surface area contributed by atoms with Gasteiger partial charge in [-0.25, -0.2) is 9.31 Å². The van der Waals surface area contributed by atoms with Gasteiger partial charge < -0.3 is 9.84 Å². The second-order valence-electron chi connectivity index (χ2n) is 9.12. The Labute approximate surface area is 225 Å². The third-order valence-electron chi connectivity index (χ3n) is 6.55. The third kappa shape index (κ3) is 5.15. The highest BCUT2D eigenvalue weighted by Gasteiger charge is 2.19. The lowest BCUT2D eigenvalue weighted by atomic mass is 9.97. The molecule has 1 N–H and O–H groups in total. The van der Waals surface area contributed by atoms with Gasteiger partial charge in [0.05, 0.1) is 29.2 Å². The zero-order valence-corrected chi connectivity index (χ0v) is 21.4. The molecule has 0 fully saturated rings. The fraction of sp³-hybridized carbons (Fsp3) is 0.161. The van der Waals surface area contributed by atoms with Gasteiger partial charge in [0.1, 0.15) is 11.4 Å². The molecule has 0 bridgehead atoms. The van der Waals surface area contributed by atoms with Crippen molar-refractivity contribution in [1.29, 1.82) is 5.26 Å². The summed E-state index contributed by atoms with van der Waals surface area (Å²) in [5.74, 6) is -0.658. The van der Waals surface area contributed by atoms with Crippen LogP contribution in [0.15, 0.2) is 89.9 Å². The van der Waals surface area contributed by atoms with E-state index in [9.17, 15) is 14.9 Å². The molecule has 0 aliphatic rings. The van der Waals surface area contributed by atoms with E-state index in [4.69, 9.17) is 9.84 Å². The lowest BCUT2D eigenvalue weighted by Gasteiger charge is -2.17. The normalized spacial score (nSPS) is 10.9. The molecule has 3 aromatic carbocycles. The van der Waals surface area contributed by atoms with Gasteiger partial charge in [0, 0.05) is 18.1 Å². The maximum atomic E-state index is 14.0. The van der Waals surface area contributed by atoms with Crippen LogP contribution in [-0.4, -0.2) is 31.9 Å². The van der Waals surface area contributed by atoms with E-state index in [2.05, 4.69) is 18.1 Å². The molecule has 0 saturated heterocycles. The number of aliphatic carboxylic acids is 1. The summed E-state index contributed by atoms with van der Waals surface area (Å²) in [5, 5.41) is 22.9. The van der Waals surface area contributed by atoms with Gasteiger partial charge in [0.15, 0.2) is 6.61 Å². The number of hydrogen-bond donors (Lipinski definition) is 1. The number of benzene rings is 3. The molecule has 8 nitrogen and oxygen atoms in total. The van der Waals surface area contributed by atoms with E-state index >= 15 is 0 Å². The van der Waals surface area contributed by atoms with E-state index < -0.39 is 12.6 Å². The molecule has 0 atom stereocenters. The minimum atomic E-state index is -1.06. The highest BCUT2D eigenvalue weighted by molar-refractivity contribution is 5.70. The Balaban J connectivity index is 1.56. The Hall–Kier alpha value is -5.16. The molecule has 39 heavy (non-hydrogen) atoms. The van der Waals surface area contributed by atoms with Crippen molar-refractivity contribution in [1.82, 2.24) is 14.2 Å². The van der Waals surface area contributed by atoms with Gasteiger partial charge in [-0.2, -0.15) is 10.4 Å². The first-order valence-corrected chi connectivity index (χ1v) is 12.6. The molecule has 0 aliphatic heterocycles. The SMILES string of the molecule is CCCc1c(Cc2ccc(-c3ccccc3C#N)cc2)c(=O)n(-c2ccc(OCC(=O)O)cc2)c2ccnn12. The van der Waals surface area contributed by atoms with Crippen molar-refractivity contribution in [2.24, 2.45) is 0 Å². The lowest BCUT2D eigenvalue weighted by molar-refractivity contribution is -0.139. The van der Waals surface area contributed by atoms with Gasteiger partial charge in [0.25, 0.3) is 5.56 Å². The fourth-order valence-corrected chi connectivity index (χ4v) is 4.76. The fourth-order valence-electron chi connectivity index (χ4n) is 4.76. The van der Waals surface area contributed by atoms with E-state index in [1.807, 2.05) is 47.0 Å². The minimum absolute atomic E-state index is 0.135. The summed E-state index contributed by atoms with van der Waals surface area (Å²) in [4.78, 5) is 24.9. The van der Waals surface area contributed by atoms with Crippen molar-refractivity contribution >= 4 is 11.6 Å². The highest BCUT2D eigenvalue weighted by atomic mass is 16.5. The second-order valence-corrected chi connectivity index (χ2v) is 9.12. The summed E-state index contributed by atoms with van der Waals surface area (Å²) >= 11 is 0.